The second kappa shape index (κ2) is 10.0. The van der Waals surface area contributed by atoms with Crippen LogP contribution in [0.2, 0.25) is 0 Å². The van der Waals surface area contributed by atoms with Crippen molar-refractivity contribution in [3.8, 4) is 0 Å². The van der Waals surface area contributed by atoms with Crippen LogP contribution >= 0.6 is 0 Å². The number of nitrogens with zero attached hydrogens (tertiary/aromatic N) is 1. The number of rotatable bonds is 10. The molecule has 0 saturated heterocycles. The molecule has 0 fully saturated rings. The quantitative estimate of drug-likeness (QED) is 0.636. The fourth-order valence-corrected chi connectivity index (χ4v) is 2.52. The Hall–Kier alpha value is -1.84. The summed E-state index contributed by atoms with van der Waals surface area (Å²) < 4.78 is 0. The standard InChI is InChI=1S/C20H29N3/c1-3-5-15-23(4-2)17-19-13-11-18(12-14-19)16-21-22-20-9-7-6-8-10-20/h6-14,21-22H,3-5,15-17H2,1-2H3. The van der Waals surface area contributed by atoms with Gasteiger partial charge in [0.1, 0.15) is 0 Å². The average Bonchev–Trinajstić information content (AvgIpc) is 2.61. The van der Waals surface area contributed by atoms with Gasteiger partial charge in [-0.1, -0.05) is 62.7 Å². The molecule has 0 radical (unpaired) electrons. The summed E-state index contributed by atoms with van der Waals surface area (Å²) in [6.45, 7) is 8.65. The maximum atomic E-state index is 3.26. The van der Waals surface area contributed by atoms with Crippen LogP contribution in [-0.4, -0.2) is 18.0 Å². The smallest absolute Gasteiger partial charge is 0.0487 e. The molecule has 0 unspecified atom stereocenters. The van der Waals surface area contributed by atoms with Crippen LogP contribution in [0.25, 0.3) is 0 Å². The van der Waals surface area contributed by atoms with Crippen molar-refractivity contribution in [3.63, 3.8) is 0 Å². The topological polar surface area (TPSA) is 27.3 Å². The van der Waals surface area contributed by atoms with Gasteiger partial charge in [0, 0.05) is 18.8 Å². The SMILES string of the molecule is CCCCN(CC)Cc1ccc(CNNc2ccccc2)cc1. The van der Waals surface area contributed by atoms with Crippen LogP contribution in [0.3, 0.4) is 0 Å². The summed E-state index contributed by atoms with van der Waals surface area (Å²) in [6.07, 6.45) is 2.54. The molecule has 23 heavy (non-hydrogen) atoms. The van der Waals surface area contributed by atoms with Gasteiger partial charge in [0.15, 0.2) is 0 Å². The summed E-state index contributed by atoms with van der Waals surface area (Å²) in [5.74, 6) is 0. The van der Waals surface area contributed by atoms with Crippen LogP contribution in [-0.2, 0) is 13.1 Å². The number of hydrazine groups is 1. The minimum absolute atomic E-state index is 0.808. The van der Waals surface area contributed by atoms with Gasteiger partial charge < -0.3 is 5.43 Å². The Kier molecular flexibility index (Phi) is 7.64. The summed E-state index contributed by atoms with van der Waals surface area (Å²) in [5.41, 5.74) is 10.2. The molecule has 0 amide bonds. The first-order valence-corrected chi connectivity index (χ1v) is 8.66. The molecule has 0 atom stereocenters. The molecular weight excluding hydrogens is 282 g/mol. The number of hydrogen-bond donors (Lipinski definition) is 2. The molecule has 124 valence electrons. The molecule has 2 rings (SSSR count). The number of benzene rings is 2. The summed E-state index contributed by atoms with van der Waals surface area (Å²) in [6, 6.07) is 19.1. The first kappa shape index (κ1) is 17.5. The van der Waals surface area contributed by atoms with Crippen molar-refractivity contribution in [2.75, 3.05) is 18.5 Å². The summed E-state index contributed by atoms with van der Waals surface area (Å²) in [4.78, 5) is 2.51. The second-order valence-electron chi connectivity index (χ2n) is 5.88. The van der Waals surface area contributed by atoms with Crippen molar-refractivity contribution in [1.82, 2.24) is 10.3 Å². The Bertz CT molecular complexity index is 537. The van der Waals surface area contributed by atoms with Gasteiger partial charge in [0.25, 0.3) is 0 Å². The minimum atomic E-state index is 0.808. The third-order valence-electron chi connectivity index (χ3n) is 4.00. The van der Waals surface area contributed by atoms with Gasteiger partial charge in [-0.05, 0) is 42.8 Å². The Morgan fingerprint density at radius 3 is 2.22 bits per heavy atom. The zero-order chi connectivity index (χ0) is 16.3. The molecule has 3 nitrogen and oxygen atoms in total. The molecule has 0 saturated carbocycles. The van der Waals surface area contributed by atoms with Crippen LogP contribution in [0.1, 0.15) is 37.8 Å². The lowest BCUT2D eigenvalue weighted by molar-refractivity contribution is 0.275. The zero-order valence-electron chi connectivity index (χ0n) is 14.4. The number of nitrogens with one attached hydrogen (secondary N) is 2. The highest BCUT2D eigenvalue weighted by Gasteiger charge is 2.03. The van der Waals surface area contributed by atoms with Crippen molar-refractivity contribution in [3.05, 3.63) is 65.7 Å². The molecule has 0 bridgehead atoms. The van der Waals surface area contributed by atoms with E-state index in [1.54, 1.807) is 0 Å². The lowest BCUT2D eigenvalue weighted by atomic mass is 10.1. The van der Waals surface area contributed by atoms with Gasteiger partial charge in [-0.2, -0.15) is 0 Å². The van der Waals surface area contributed by atoms with Crippen LogP contribution in [0.4, 0.5) is 5.69 Å². The predicted octanol–water partition coefficient (Wildman–Crippen LogP) is 4.43. The second-order valence-corrected chi connectivity index (χ2v) is 5.88. The monoisotopic (exact) mass is 311 g/mol. The molecule has 2 aromatic carbocycles. The van der Waals surface area contributed by atoms with E-state index in [9.17, 15) is 0 Å². The molecule has 0 aliphatic rings. The van der Waals surface area contributed by atoms with Gasteiger partial charge in [-0.15, -0.1) is 0 Å². The van der Waals surface area contributed by atoms with Crippen molar-refractivity contribution < 1.29 is 0 Å². The maximum absolute atomic E-state index is 3.26. The molecule has 0 aromatic heterocycles. The van der Waals surface area contributed by atoms with Crippen molar-refractivity contribution >= 4 is 5.69 Å². The highest BCUT2D eigenvalue weighted by Crippen LogP contribution is 2.09. The first-order valence-electron chi connectivity index (χ1n) is 8.66. The van der Waals surface area contributed by atoms with Crippen LogP contribution in [0.15, 0.2) is 54.6 Å². The molecule has 2 N–H and O–H groups in total. The van der Waals surface area contributed by atoms with E-state index in [1.807, 2.05) is 30.3 Å². The molecule has 0 spiro atoms. The number of unbranched alkanes of at least 4 members (excludes halogenated alkanes) is 1. The van der Waals surface area contributed by atoms with E-state index in [0.717, 1.165) is 25.3 Å². The summed E-state index contributed by atoms with van der Waals surface area (Å²) >= 11 is 0. The number of para-hydroxylation sites is 1. The van der Waals surface area contributed by atoms with Crippen molar-refractivity contribution in [2.45, 2.75) is 39.8 Å². The van der Waals surface area contributed by atoms with E-state index in [-0.39, 0.29) is 0 Å². The third kappa shape index (κ3) is 6.43. The van der Waals surface area contributed by atoms with E-state index in [1.165, 1.54) is 30.5 Å². The first-order chi connectivity index (χ1) is 11.3. The average molecular weight is 311 g/mol. The van der Waals surface area contributed by atoms with Gasteiger partial charge in [0.2, 0.25) is 0 Å². The van der Waals surface area contributed by atoms with E-state index >= 15 is 0 Å². The highest BCUT2D eigenvalue weighted by atomic mass is 15.3. The summed E-state index contributed by atoms with van der Waals surface area (Å²) in [5, 5.41) is 0. The maximum Gasteiger partial charge on any atom is 0.0487 e. The Morgan fingerprint density at radius 1 is 0.870 bits per heavy atom. The van der Waals surface area contributed by atoms with Crippen LogP contribution < -0.4 is 10.9 Å². The van der Waals surface area contributed by atoms with E-state index < -0.39 is 0 Å². The fraction of sp³-hybridized carbons (Fsp3) is 0.400. The summed E-state index contributed by atoms with van der Waals surface area (Å²) in [7, 11) is 0. The van der Waals surface area contributed by atoms with E-state index in [2.05, 4.69) is 53.9 Å². The molecule has 3 heteroatoms. The lowest BCUT2D eigenvalue weighted by Gasteiger charge is -2.20. The predicted molar refractivity (Wildman–Crippen MR) is 99.2 cm³/mol. The molecule has 2 aromatic rings. The minimum Gasteiger partial charge on any atom is -0.321 e. The number of hydrogen-bond acceptors (Lipinski definition) is 3. The normalized spacial score (nSPS) is 10.9. The van der Waals surface area contributed by atoms with E-state index in [4.69, 9.17) is 0 Å². The fourth-order valence-electron chi connectivity index (χ4n) is 2.52. The van der Waals surface area contributed by atoms with Crippen LogP contribution in [0.5, 0.6) is 0 Å². The Balaban J connectivity index is 1.77. The number of anilines is 1. The van der Waals surface area contributed by atoms with Crippen LogP contribution in [0, 0.1) is 0 Å². The largest absolute Gasteiger partial charge is 0.321 e. The van der Waals surface area contributed by atoms with Crippen molar-refractivity contribution in [2.24, 2.45) is 0 Å². The van der Waals surface area contributed by atoms with Gasteiger partial charge in [-0.3, -0.25) is 4.90 Å². The molecular formula is C20H29N3. The third-order valence-corrected chi connectivity index (χ3v) is 4.00. The van der Waals surface area contributed by atoms with Gasteiger partial charge >= 0.3 is 0 Å². The van der Waals surface area contributed by atoms with E-state index in [0.29, 0.717) is 0 Å². The molecule has 0 aliphatic heterocycles. The van der Waals surface area contributed by atoms with Crippen molar-refractivity contribution in [1.29, 1.82) is 0 Å². The molecule has 0 aliphatic carbocycles. The Labute approximate surface area is 140 Å². The highest BCUT2D eigenvalue weighted by molar-refractivity contribution is 5.41. The van der Waals surface area contributed by atoms with Gasteiger partial charge in [-0.25, -0.2) is 5.43 Å². The zero-order valence-corrected chi connectivity index (χ0v) is 14.4. The molecule has 0 heterocycles. The van der Waals surface area contributed by atoms with Gasteiger partial charge in [0.05, 0.1) is 0 Å². The Morgan fingerprint density at radius 2 is 1.57 bits per heavy atom. The lowest BCUT2D eigenvalue weighted by Crippen LogP contribution is -2.24.